The number of H-pyrrole nitrogens is 1. The third-order valence-corrected chi connectivity index (χ3v) is 4.75. The Kier molecular flexibility index (Phi) is 4.28. The van der Waals surface area contributed by atoms with Crippen molar-refractivity contribution in [3.05, 3.63) is 70.8 Å². The Morgan fingerprint density at radius 2 is 1.89 bits per heavy atom. The molecule has 0 aliphatic carbocycles. The zero-order valence-electron chi connectivity index (χ0n) is 15.8. The van der Waals surface area contributed by atoms with Crippen molar-refractivity contribution in [1.82, 2.24) is 9.97 Å². The van der Waals surface area contributed by atoms with Gasteiger partial charge >= 0.3 is 0 Å². The molecule has 0 unspecified atom stereocenters. The zero-order chi connectivity index (χ0) is 19.9. The lowest BCUT2D eigenvalue weighted by Crippen LogP contribution is -2.15. The van der Waals surface area contributed by atoms with E-state index in [9.17, 15) is 9.90 Å². The Morgan fingerprint density at radius 1 is 1.14 bits per heavy atom. The lowest BCUT2D eigenvalue weighted by molar-refractivity contribution is 0.0786. The Hall–Kier alpha value is -3.38. The summed E-state index contributed by atoms with van der Waals surface area (Å²) in [5.74, 6) is 1.11. The van der Waals surface area contributed by atoms with Gasteiger partial charge < -0.3 is 19.2 Å². The number of nitrogens with one attached hydrogen (secondary N) is 1. The molecule has 2 aromatic carbocycles. The van der Waals surface area contributed by atoms with Crippen LogP contribution in [-0.2, 0) is 5.60 Å². The maximum atomic E-state index is 12.8. The van der Waals surface area contributed by atoms with Gasteiger partial charge in [-0.15, -0.1) is 0 Å². The average molecular weight is 376 g/mol. The number of ether oxygens (including phenoxy) is 1. The highest BCUT2D eigenvalue weighted by Gasteiger charge is 2.16. The molecule has 2 aromatic heterocycles. The van der Waals surface area contributed by atoms with Crippen LogP contribution in [0.5, 0.6) is 5.75 Å². The molecule has 6 heteroatoms. The number of hydrogen-bond acceptors (Lipinski definition) is 5. The summed E-state index contributed by atoms with van der Waals surface area (Å²) in [6.45, 7) is 3.47. The standard InChI is InChI=1S/C22H20N2O4/c1-22(2,26)14-6-4-13(5-7-14)17-9-19(25)15-8-16(21-11-23-12-28-21)20(27-3)10-18(15)24-17/h4-12,26H,1-3H3,(H,24,25). The number of methoxy groups -OCH3 is 1. The zero-order valence-corrected chi connectivity index (χ0v) is 15.8. The molecule has 0 amide bonds. The van der Waals surface area contributed by atoms with Crippen LogP contribution in [-0.4, -0.2) is 22.2 Å². The first-order valence-electron chi connectivity index (χ1n) is 8.84. The second-order valence-electron chi connectivity index (χ2n) is 7.15. The van der Waals surface area contributed by atoms with E-state index >= 15 is 0 Å². The van der Waals surface area contributed by atoms with Crippen LogP contribution in [0.1, 0.15) is 19.4 Å². The Morgan fingerprint density at radius 3 is 2.50 bits per heavy atom. The van der Waals surface area contributed by atoms with Crippen LogP contribution in [0.4, 0.5) is 0 Å². The third kappa shape index (κ3) is 3.18. The van der Waals surface area contributed by atoms with Crippen molar-refractivity contribution < 1.29 is 14.3 Å². The van der Waals surface area contributed by atoms with Crippen molar-refractivity contribution in [1.29, 1.82) is 0 Å². The van der Waals surface area contributed by atoms with Crippen LogP contribution in [0, 0.1) is 0 Å². The van der Waals surface area contributed by atoms with E-state index in [0.29, 0.717) is 33.7 Å². The number of pyridine rings is 1. The quantitative estimate of drug-likeness (QED) is 0.560. The van der Waals surface area contributed by atoms with E-state index in [1.165, 1.54) is 6.39 Å². The largest absolute Gasteiger partial charge is 0.496 e. The molecule has 0 saturated heterocycles. The molecule has 0 radical (unpaired) electrons. The van der Waals surface area contributed by atoms with Crippen molar-refractivity contribution in [3.63, 3.8) is 0 Å². The number of rotatable bonds is 4. The molecule has 142 valence electrons. The molecule has 4 rings (SSSR count). The number of nitrogens with zero attached hydrogens (tertiary/aromatic N) is 1. The van der Waals surface area contributed by atoms with Crippen LogP contribution < -0.4 is 10.2 Å². The minimum absolute atomic E-state index is 0.112. The number of aliphatic hydroxyl groups is 1. The van der Waals surface area contributed by atoms with E-state index in [1.54, 1.807) is 45.4 Å². The minimum Gasteiger partial charge on any atom is -0.496 e. The van der Waals surface area contributed by atoms with E-state index in [1.807, 2.05) is 24.3 Å². The normalized spacial score (nSPS) is 11.7. The first-order valence-corrected chi connectivity index (χ1v) is 8.84. The molecule has 28 heavy (non-hydrogen) atoms. The van der Waals surface area contributed by atoms with Gasteiger partial charge in [0.2, 0.25) is 0 Å². The van der Waals surface area contributed by atoms with Crippen LogP contribution in [0.15, 0.2) is 64.3 Å². The summed E-state index contributed by atoms with van der Waals surface area (Å²) >= 11 is 0. The highest BCUT2D eigenvalue weighted by atomic mass is 16.5. The van der Waals surface area contributed by atoms with Gasteiger partial charge in [0.25, 0.3) is 0 Å². The van der Waals surface area contributed by atoms with Crippen molar-refractivity contribution in [2.45, 2.75) is 19.4 Å². The maximum Gasteiger partial charge on any atom is 0.190 e. The van der Waals surface area contributed by atoms with Crippen molar-refractivity contribution in [3.8, 4) is 28.3 Å². The number of oxazole rings is 1. The number of hydrogen-bond donors (Lipinski definition) is 2. The highest BCUT2D eigenvalue weighted by molar-refractivity contribution is 5.88. The van der Waals surface area contributed by atoms with Crippen LogP contribution in [0.2, 0.25) is 0 Å². The number of aromatic amines is 1. The monoisotopic (exact) mass is 376 g/mol. The van der Waals surface area contributed by atoms with Crippen LogP contribution >= 0.6 is 0 Å². The molecule has 2 heterocycles. The molecule has 0 spiro atoms. The molecule has 0 aliphatic rings. The predicted molar refractivity (Wildman–Crippen MR) is 107 cm³/mol. The van der Waals surface area contributed by atoms with Gasteiger partial charge in [0.05, 0.1) is 30.0 Å². The summed E-state index contributed by atoms with van der Waals surface area (Å²) in [6, 6.07) is 12.6. The predicted octanol–water partition coefficient (Wildman–Crippen LogP) is 4.09. The fourth-order valence-electron chi connectivity index (χ4n) is 3.20. The lowest BCUT2D eigenvalue weighted by atomic mass is 9.96. The molecule has 0 bridgehead atoms. The van der Waals surface area contributed by atoms with Gasteiger partial charge in [-0.05, 0) is 31.0 Å². The smallest absolute Gasteiger partial charge is 0.190 e. The number of aromatic nitrogens is 2. The Labute approximate surface area is 161 Å². The van der Waals surface area contributed by atoms with Crippen LogP contribution in [0.25, 0.3) is 33.5 Å². The van der Waals surface area contributed by atoms with Crippen molar-refractivity contribution in [2.24, 2.45) is 0 Å². The summed E-state index contributed by atoms with van der Waals surface area (Å²) in [7, 11) is 1.57. The Bertz CT molecular complexity index is 1180. The van der Waals surface area contributed by atoms with Gasteiger partial charge in [-0.2, -0.15) is 0 Å². The van der Waals surface area contributed by atoms with E-state index in [-0.39, 0.29) is 5.43 Å². The Balaban J connectivity index is 1.85. The van der Waals surface area contributed by atoms with E-state index < -0.39 is 5.60 Å². The molecule has 0 saturated carbocycles. The first kappa shape index (κ1) is 18.0. The molecule has 0 fully saturated rings. The maximum absolute atomic E-state index is 12.8. The topological polar surface area (TPSA) is 88.4 Å². The van der Waals surface area contributed by atoms with Gasteiger partial charge in [-0.25, -0.2) is 4.98 Å². The van der Waals surface area contributed by atoms with Gasteiger partial charge in [0.1, 0.15) is 5.75 Å². The van der Waals surface area contributed by atoms with Gasteiger partial charge in [0.15, 0.2) is 17.6 Å². The minimum atomic E-state index is -0.917. The van der Waals surface area contributed by atoms with Gasteiger partial charge in [-0.3, -0.25) is 4.79 Å². The van der Waals surface area contributed by atoms with Crippen molar-refractivity contribution >= 4 is 10.9 Å². The van der Waals surface area contributed by atoms with Crippen molar-refractivity contribution in [2.75, 3.05) is 7.11 Å². The van der Waals surface area contributed by atoms with E-state index in [4.69, 9.17) is 9.15 Å². The molecule has 0 atom stereocenters. The summed E-state index contributed by atoms with van der Waals surface area (Å²) in [4.78, 5) is 20.0. The number of fused-ring (bicyclic) bond motifs is 1. The van der Waals surface area contributed by atoms with Gasteiger partial charge in [0, 0.05) is 23.2 Å². The van der Waals surface area contributed by atoms with Crippen LogP contribution in [0.3, 0.4) is 0 Å². The fraction of sp³-hybridized carbons (Fsp3) is 0.182. The summed E-state index contributed by atoms with van der Waals surface area (Å²) in [6.07, 6.45) is 2.92. The third-order valence-electron chi connectivity index (χ3n) is 4.75. The molecule has 0 aliphatic heterocycles. The molecule has 2 N–H and O–H groups in total. The second-order valence-corrected chi connectivity index (χ2v) is 7.15. The average Bonchev–Trinajstić information content (AvgIpc) is 3.21. The molecule has 4 aromatic rings. The number of benzene rings is 2. The first-order chi connectivity index (χ1) is 13.4. The summed E-state index contributed by atoms with van der Waals surface area (Å²) in [5, 5.41) is 10.6. The van der Waals surface area contributed by atoms with Gasteiger partial charge in [-0.1, -0.05) is 24.3 Å². The SMILES string of the molecule is COc1cc2[nH]c(-c3ccc(C(C)(C)O)cc3)cc(=O)c2cc1-c1cnco1. The fourth-order valence-corrected chi connectivity index (χ4v) is 3.20. The summed E-state index contributed by atoms with van der Waals surface area (Å²) < 4.78 is 10.8. The van der Waals surface area contributed by atoms with E-state index in [2.05, 4.69) is 9.97 Å². The summed E-state index contributed by atoms with van der Waals surface area (Å²) in [5.41, 5.74) is 2.64. The molecule has 6 nitrogen and oxygen atoms in total. The second kappa shape index (κ2) is 6.65. The molecular formula is C22H20N2O4. The lowest BCUT2D eigenvalue weighted by Gasteiger charge is -2.18. The molecular weight excluding hydrogens is 356 g/mol. The highest BCUT2D eigenvalue weighted by Crippen LogP contribution is 2.33. The van der Waals surface area contributed by atoms with E-state index in [0.717, 1.165) is 11.1 Å².